The summed E-state index contributed by atoms with van der Waals surface area (Å²) in [5.41, 5.74) is 2.43. The molecular weight excluding hydrogens is 420 g/mol. The number of hydrogen-bond acceptors (Lipinski definition) is 5. The van der Waals surface area contributed by atoms with Crippen LogP contribution in [0, 0.1) is 0 Å². The van der Waals surface area contributed by atoms with Crippen molar-refractivity contribution in [2.24, 2.45) is 0 Å². The Labute approximate surface area is 188 Å². The molecule has 2 aromatic heterocycles. The molecule has 0 radical (unpaired) electrons. The molecule has 0 bridgehead atoms. The molecule has 1 unspecified atom stereocenters. The first-order chi connectivity index (χ1) is 16.1. The molecule has 8 nitrogen and oxygen atoms in total. The van der Waals surface area contributed by atoms with E-state index in [1.54, 1.807) is 30.6 Å². The number of carbonyl (C=O) groups excluding carboxylic acids is 1. The number of aromatic nitrogens is 3. The Kier molecular flexibility index (Phi) is 5.32. The number of fused-ring (bicyclic) bond motifs is 2. The molecule has 0 fully saturated rings. The van der Waals surface area contributed by atoms with Gasteiger partial charge in [-0.1, -0.05) is 36.4 Å². The number of H-pyrrole nitrogens is 2. The van der Waals surface area contributed by atoms with E-state index in [0.29, 0.717) is 29.0 Å². The summed E-state index contributed by atoms with van der Waals surface area (Å²) in [6, 6.07) is 18.9. The van der Waals surface area contributed by atoms with Crippen LogP contribution in [0.5, 0.6) is 11.6 Å². The van der Waals surface area contributed by atoms with E-state index in [4.69, 9.17) is 4.74 Å². The number of hydrogen-bond donors (Lipinski definition) is 3. The molecule has 5 rings (SSSR count). The molecule has 1 atom stereocenters. The van der Waals surface area contributed by atoms with Gasteiger partial charge in [-0.2, -0.15) is 0 Å². The molecule has 2 aromatic carbocycles. The van der Waals surface area contributed by atoms with Crippen molar-refractivity contribution in [3.63, 3.8) is 0 Å². The maximum Gasteiger partial charge on any atom is 0.328 e. The average Bonchev–Trinajstić information content (AvgIpc) is 2.84. The fourth-order valence-electron chi connectivity index (χ4n) is 3.99. The fourth-order valence-corrected chi connectivity index (χ4v) is 3.99. The lowest BCUT2D eigenvalue weighted by molar-refractivity contribution is 0.0952. The Hall–Kier alpha value is -4.46. The summed E-state index contributed by atoms with van der Waals surface area (Å²) in [5, 5.41) is 3.02. The van der Waals surface area contributed by atoms with Crippen LogP contribution in [-0.4, -0.2) is 27.4 Å². The lowest BCUT2D eigenvalue weighted by Crippen LogP contribution is -2.30. The van der Waals surface area contributed by atoms with Crippen LogP contribution in [0.4, 0.5) is 0 Å². The van der Waals surface area contributed by atoms with E-state index in [1.807, 2.05) is 42.5 Å². The molecule has 164 valence electrons. The minimum Gasteiger partial charge on any atom is -0.440 e. The zero-order valence-corrected chi connectivity index (χ0v) is 17.5. The summed E-state index contributed by atoms with van der Waals surface area (Å²) >= 11 is 0. The van der Waals surface area contributed by atoms with Gasteiger partial charge in [0, 0.05) is 42.4 Å². The molecule has 1 aliphatic heterocycles. The van der Waals surface area contributed by atoms with E-state index < -0.39 is 11.2 Å². The fraction of sp³-hybridized carbons (Fsp3) is 0.120. The Morgan fingerprint density at radius 1 is 1.03 bits per heavy atom. The van der Waals surface area contributed by atoms with Crippen molar-refractivity contribution in [1.29, 1.82) is 0 Å². The normalized spacial score (nSPS) is 12.7. The van der Waals surface area contributed by atoms with Crippen molar-refractivity contribution >= 4 is 5.91 Å². The predicted molar refractivity (Wildman–Crippen MR) is 122 cm³/mol. The highest BCUT2D eigenvalue weighted by atomic mass is 16.5. The number of ether oxygens (including phenoxy) is 1. The van der Waals surface area contributed by atoms with E-state index in [2.05, 4.69) is 20.3 Å². The van der Waals surface area contributed by atoms with Gasteiger partial charge in [-0.25, -0.2) is 4.79 Å². The summed E-state index contributed by atoms with van der Waals surface area (Å²) in [6.45, 7) is 0.395. The van der Waals surface area contributed by atoms with Crippen molar-refractivity contribution < 1.29 is 9.53 Å². The Bertz CT molecular complexity index is 1390. The molecule has 4 aromatic rings. The maximum atomic E-state index is 13.0. The maximum absolute atomic E-state index is 13.0. The van der Waals surface area contributed by atoms with Gasteiger partial charge in [0.1, 0.15) is 5.75 Å². The largest absolute Gasteiger partial charge is 0.440 e. The first kappa shape index (κ1) is 20.4. The van der Waals surface area contributed by atoms with Crippen molar-refractivity contribution in [2.45, 2.75) is 12.3 Å². The molecule has 0 saturated heterocycles. The second kappa shape index (κ2) is 8.58. The SMILES string of the molecule is O=C(NCC(c1ccccc1)c1cccnc1)c1ccc2c(c1)Cc1c([nH]c(=O)[nH]c1=O)O2. The van der Waals surface area contributed by atoms with E-state index >= 15 is 0 Å². The molecular formula is C25H20N4O4. The number of carbonyl (C=O) groups is 1. The molecule has 3 N–H and O–H groups in total. The van der Waals surface area contributed by atoms with Crippen LogP contribution in [0.3, 0.4) is 0 Å². The lowest BCUT2D eigenvalue weighted by atomic mass is 9.92. The van der Waals surface area contributed by atoms with Crippen molar-refractivity contribution in [3.05, 3.63) is 122 Å². The van der Waals surface area contributed by atoms with Crippen LogP contribution >= 0.6 is 0 Å². The van der Waals surface area contributed by atoms with E-state index in [0.717, 1.165) is 11.1 Å². The quantitative estimate of drug-likeness (QED) is 0.389. The summed E-state index contributed by atoms with van der Waals surface area (Å²) in [4.78, 5) is 45.5. The molecule has 1 aliphatic rings. The van der Waals surface area contributed by atoms with Crippen LogP contribution in [0.1, 0.15) is 38.5 Å². The van der Waals surface area contributed by atoms with Crippen LogP contribution in [0.15, 0.2) is 82.6 Å². The smallest absolute Gasteiger partial charge is 0.328 e. The van der Waals surface area contributed by atoms with Crippen LogP contribution in [-0.2, 0) is 6.42 Å². The zero-order valence-electron chi connectivity index (χ0n) is 17.5. The highest BCUT2D eigenvalue weighted by Crippen LogP contribution is 2.33. The van der Waals surface area contributed by atoms with E-state index in [9.17, 15) is 14.4 Å². The summed E-state index contributed by atoms with van der Waals surface area (Å²) in [7, 11) is 0. The predicted octanol–water partition coefficient (Wildman–Crippen LogP) is 2.72. The number of benzene rings is 2. The molecule has 8 heteroatoms. The van der Waals surface area contributed by atoms with Gasteiger partial charge in [0.2, 0.25) is 5.88 Å². The summed E-state index contributed by atoms with van der Waals surface area (Å²) in [5.74, 6) is 0.351. The van der Waals surface area contributed by atoms with Gasteiger partial charge in [-0.15, -0.1) is 0 Å². The van der Waals surface area contributed by atoms with Gasteiger partial charge in [0.25, 0.3) is 11.5 Å². The molecule has 0 aliphatic carbocycles. The third-order valence-electron chi connectivity index (χ3n) is 5.66. The van der Waals surface area contributed by atoms with Gasteiger partial charge in [-0.3, -0.25) is 24.5 Å². The third-order valence-corrected chi connectivity index (χ3v) is 5.66. The average molecular weight is 440 g/mol. The van der Waals surface area contributed by atoms with E-state index in [-0.39, 0.29) is 24.1 Å². The topological polar surface area (TPSA) is 117 Å². The van der Waals surface area contributed by atoms with Gasteiger partial charge >= 0.3 is 5.69 Å². The Morgan fingerprint density at radius 3 is 2.64 bits per heavy atom. The molecule has 0 saturated carbocycles. The molecule has 33 heavy (non-hydrogen) atoms. The zero-order chi connectivity index (χ0) is 22.8. The van der Waals surface area contributed by atoms with Crippen molar-refractivity contribution in [1.82, 2.24) is 20.3 Å². The Morgan fingerprint density at radius 2 is 1.85 bits per heavy atom. The third kappa shape index (κ3) is 4.18. The van der Waals surface area contributed by atoms with Crippen LogP contribution < -0.4 is 21.3 Å². The van der Waals surface area contributed by atoms with E-state index in [1.165, 1.54) is 0 Å². The standard InChI is InChI=1S/C25H20N4O4/c30-22(27-14-20(15-5-2-1-3-6-15)17-7-4-10-26-13-17)16-8-9-21-18(11-16)12-19-23(31)28-25(32)29-24(19)33-21/h1-11,13,20H,12,14H2,(H,27,30)(H2,28,29,31,32). The first-order valence-corrected chi connectivity index (χ1v) is 10.5. The number of rotatable bonds is 5. The number of pyridine rings is 1. The first-order valence-electron chi connectivity index (χ1n) is 10.5. The number of aromatic amines is 2. The van der Waals surface area contributed by atoms with Crippen LogP contribution in [0.25, 0.3) is 0 Å². The van der Waals surface area contributed by atoms with Crippen molar-refractivity contribution in [3.8, 4) is 11.6 Å². The monoisotopic (exact) mass is 440 g/mol. The highest BCUT2D eigenvalue weighted by molar-refractivity contribution is 5.94. The van der Waals surface area contributed by atoms with Gasteiger partial charge in [-0.05, 0) is 35.4 Å². The number of nitrogens with one attached hydrogen (secondary N) is 3. The summed E-state index contributed by atoms with van der Waals surface area (Å²) < 4.78 is 5.67. The Balaban J connectivity index is 1.36. The second-order valence-corrected chi connectivity index (χ2v) is 7.78. The molecule has 1 amide bonds. The van der Waals surface area contributed by atoms with Gasteiger partial charge in [0.05, 0.1) is 5.56 Å². The van der Waals surface area contributed by atoms with Gasteiger partial charge in [0.15, 0.2) is 0 Å². The second-order valence-electron chi connectivity index (χ2n) is 7.78. The minimum atomic E-state index is -0.625. The molecule has 3 heterocycles. The summed E-state index contributed by atoms with van der Waals surface area (Å²) in [6.07, 6.45) is 3.78. The highest BCUT2D eigenvalue weighted by Gasteiger charge is 2.23. The van der Waals surface area contributed by atoms with Gasteiger partial charge < -0.3 is 10.1 Å². The number of nitrogens with zero attached hydrogens (tertiary/aromatic N) is 1. The lowest BCUT2D eigenvalue weighted by Gasteiger charge is -2.20. The molecule has 0 spiro atoms. The minimum absolute atomic E-state index is 0.0490. The number of amides is 1. The van der Waals surface area contributed by atoms with Crippen molar-refractivity contribution in [2.75, 3.05) is 6.54 Å². The van der Waals surface area contributed by atoms with Crippen LogP contribution in [0.2, 0.25) is 0 Å².